The summed E-state index contributed by atoms with van der Waals surface area (Å²) in [5, 5.41) is 9.52. The Balaban J connectivity index is 1.66. The highest BCUT2D eigenvalue weighted by atomic mass is 16.3. The molecule has 1 fully saturated rings. The summed E-state index contributed by atoms with van der Waals surface area (Å²) in [6.45, 7) is 2.94. The molecule has 0 aliphatic carbocycles. The van der Waals surface area contributed by atoms with Gasteiger partial charge in [0.05, 0.1) is 12.6 Å². The number of rotatable bonds is 2. The molecular formula is C16H22N2O2. The Hall–Kier alpha value is -1.39. The lowest BCUT2D eigenvalue weighted by atomic mass is 10.0. The average Bonchev–Trinajstić information content (AvgIpc) is 2.49. The summed E-state index contributed by atoms with van der Waals surface area (Å²) in [5.74, 6) is 0.188. The Kier molecular flexibility index (Phi) is 4.03. The van der Waals surface area contributed by atoms with Crippen LogP contribution < -0.4 is 4.90 Å². The predicted molar refractivity (Wildman–Crippen MR) is 78.8 cm³/mol. The number of nitrogens with zero attached hydrogens (tertiary/aromatic N) is 2. The summed E-state index contributed by atoms with van der Waals surface area (Å²) in [7, 11) is 0. The van der Waals surface area contributed by atoms with Gasteiger partial charge in [-0.15, -0.1) is 0 Å². The molecule has 0 unspecified atom stereocenters. The molecule has 1 aromatic rings. The van der Waals surface area contributed by atoms with Crippen molar-refractivity contribution in [2.75, 3.05) is 31.1 Å². The highest BCUT2D eigenvalue weighted by molar-refractivity contribution is 5.95. The minimum absolute atomic E-state index is 0.183. The van der Waals surface area contributed by atoms with E-state index in [-0.39, 0.29) is 12.0 Å². The van der Waals surface area contributed by atoms with Crippen molar-refractivity contribution in [1.29, 1.82) is 0 Å². The first kappa shape index (κ1) is 13.6. The van der Waals surface area contributed by atoms with E-state index in [0.717, 1.165) is 51.0 Å². The molecule has 1 aromatic carbocycles. The van der Waals surface area contributed by atoms with Gasteiger partial charge < -0.3 is 10.0 Å². The molecule has 0 spiro atoms. The van der Waals surface area contributed by atoms with Crippen LogP contribution in [0, 0.1) is 0 Å². The molecule has 0 atom stereocenters. The first-order chi connectivity index (χ1) is 9.74. The van der Waals surface area contributed by atoms with Crippen molar-refractivity contribution < 1.29 is 9.90 Å². The number of aliphatic hydroxyl groups excluding tert-OH is 1. The molecule has 0 bridgehead atoms. The molecule has 20 heavy (non-hydrogen) atoms. The number of para-hydroxylation sites is 1. The Morgan fingerprint density at radius 1 is 1.20 bits per heavy atom. The molecule has 2 heterocycles. The van der Waals surface area contributed by atoms with Gasteiger partial charge in [0.25, 0.3) is 0 Å². The number of carbonyl (C=O) groups is 1. The van der Waals surface area contributed by atoms with Crippen molar-refractivity contribution in [1.82, 2.24) is 4.90 Å². The van der Waals surface area contributed by atoms with Crippen molar-refractivity contribution in [2.24, 2.45) is 0 Å². The summed E-state index contributed by atoms with van der Waals surface area (Å²) < 4.78 is 0. The van der Waals surface area contributed by atoms with E-state index in [4.69, 9.17) is 0 Å². The van der Waals surface area contributed by atoms with E-state index < -0.39 is 0 Å². The lowest BCUT2D eigenvalue weighted by molar-refractivity contribution is -0.120. The van der Waals surface area contributed by atoms with Crippen LogP contribution in [0.1, 0.15) is 24.8 Å². The number of carbonyl (C=O) groups excluding carboxylic acids is 1. The number of likely N-dealkylation sites (tertiary alicyclic amines) is 1. The first-order valence-electron chi connectivity index (χ1n) is 7.53. The second kappa shape index (κ2) is 5.94. The van der Waals surface area contributed by atoms with Gasteiger partial charge in [-0.1, -0.05) is 18.2 Å². The van der Waals surface area contributed by atoms with Gasteiger partial charge in [-0.3, -0.25) is 9.69 Å². The van der Waals surface area contributed by atoms with Crippen molar-refractivity contribution in [2.45, 2.75) is 31.8 Å². The van der Waals surface area contributed by atoms with E-state index in [1.54, 1.807) is 0 Å². The van der Waals surface area contributed by atoms with Crippen LogP contribution in [0.5, 0.6) is 0 Å². The summed E-state index contributed by atoms with van der Waals surface area (Å²) in [5.41, 5.74) is 2.36. The van der Waals surface area contributed by atoms with Gasteiger partial charge in [-0.05, 0) is 37.3 Å². The van der Waals surface area contributed by atoms with Crippen LogP contribution in [0.15, 0.2) is 24.3 Å². The minimum Gasteiger partial charge on any atom is -0.393 e. The Morgan fingerprint density at radius 3 is 2.75 bits per heavy atom. The minimum atomic E-state index is -0.183. The lowest BCUT2D eigenvalue weighted by Gasteiger charge is -2.33. The largest absolute Gasteiger partial charge is 0.393 e. The van der Waals surface area contributed by atoms with Gasteiger partial charge in [-0.2, -0.15) is 0 Å². The standard InChI is InChI=1S/C16H22N2O2/c19-14-7-10-17(11-8-14)12-16(20)18-9-3-5-13-4-1-2-6-15(13)18/h1-2,4,6,14,19H,3,5,7-12H2. The van der Waals surface area contributed by atoms with E-state index in [0.29, 0.717) is 6.54 Å². The Morgan fingerprint density at radius 2 is 1.95 bits per heavy atom. The fourth-order valence-corrected chi connectivity index (χ4v) is 3.15. The van der Waals surface area contributed by atoms with Crippen molar-refractivity contribution in [3.63, 3.8) is 0 Å². The van der Waals surface area contributed by atoms with Crippen LogP contribution in [-0.2, 0) is 11.2 Å². The summed E-state index contributed by atoms with van der Waals surface area (Å²) >= 11 is 0. The first-order valence-corrected chi connectivity index (χ1v) is 7.53. The molecule has 4 nitrogen and oxygen atoms in total. The van der Waals surface area contributed by atoms with Crippen LogP contribution in [0.3, 0.4) is 0 Å². The number of hydrogen-bond acceptors (Lipinski definition) is 3. The molecule has 1 amide bonds. The molecule has 1 N–H and O–H groups in total. The number of hydrogen-bond donors (Lipinski definition) is 1. The zero-order valence-corrected chi connectivity index (χ0v) is 11.8. The number of benzene rings is 1. The molecular weight excluding hydrogens is 252 g/mol. The fourth-order valence-electron chi connectivity index (χ4n) is 3.15. The highest BCUT2D eigenvalue weighted by Gasteiger charge is 2.25. The van der Waals surface area contributed by atoms with E-state index in [9.17, 15) is 9.90 Å². The second-order valence-corrected chi connectivity index (χ2v) is 5.78. The number of amides is 1. The molecule has 1 saturated heterocycles. The van der Waals surface area contributed by atoms with Crippen LogP contribution in [0.4, 0.5) is 5.69 Å². The van der Waals surface area contributed by atoms with Crippen LogP contribution in [0.25, 0.3) is 0 Å². The number of aryl methyl sites for hydroxylation is 1. The van der Waals surface area contributed by atoms with Gasteiger partial charge in [-0.25, -0.2) is 0 Å². The van der Waals surface area contributed by atoms with E-state index in [1.807, 2.05) is 23.1 Å². The highest BCUT2D eigenvalue weighted by Crippen LogP contribution is 2.26. The summed E-state index contributed by atoms with van der Waals surface area (Å²) in [6.07, 6.45) is 3.49. The van der Waals surface area contributed by atoms with Crippen molar-refractivity contribution in [3.8, 4) is 0 Å². The molecule has 0 radical (unpaired) electrons. The third-order valence-electron chi connectivity index (χ3n) is 4.33. The van der Waals surface area contributed by atoms with Crippen molar-refractivity contribution >= 4 is 11.6 Å². The molecule has 0 saturated carbocycles. The number of piperidine rings is 1. The predicted octanol–water partition coefficient (Wildman–Crippen LogP) is 1.42. The summed E-state index contributed by atoms with van der Waals surface area (Å²) in [4.78, 5) is 16.6. The van der Waals surface area contributed by atoms with E-state index >= 15 is 0 Å². The monoisotopic (exact) mass is 274 g/mol. The van der Waals surface area contributed by atoms with Gasteiger partial charge in [0, 0.05) is 25.3 Å². The molecule has 2 aliphatic heterocycles. The number of aliphatic hydroxyl groups is 1. The van der Waals surface area contributed by atoms with E-state index in [2.05, 4.69) is 11.0 Å². The quantitative estimate of drug-likeness (QED) is 0.887. The maximum Gasteiger partial charge on any atom is 0.241 e. The maximum absolute atomic E-state index is 12.5. The van der Waals surface area contributed by atoms with Crippen LogP contribution >= 0.6 is 0 Å². The third kappa shape index (κ3) is 2.86. The molecule has 0 aromatic heterocycles. The Labute approximate surface area is 120 Å². The topological polar surface area (TPSA) is 43.8 Å². The zero-order chi connectivity index (χ0) is 13.9. The molecule has 2 aliphatic rings. The normalized spacial score (nSPS) is 20.8. The van der Waals surface area contributed by atoms with Crippen molar-refractivity contribution in [3.05, 3.63) is 29.8 Å². The lowest BCUT2D eigenvalue weighted by Crippen LogP contribution is -2.45. The number of anilines is 1. The van der Waals surface area contributed by atoms with E-state index in [1.165, 1.54) is 5.56 Å². The maximum atomic E-state index is 12.5. The fraction of sp³-hybridized carbons (Fsp3) is 0.562. The van der Waals surface area contributed by atoms with Crippen LogP contribution in [0.2, 0.25) is 0 Å². The Bertz CT molecular complexity index is 481. The van der Waals surface area contributed by atoms with Crippen LogP contribution in [-0.4, -0.2) is 48.2 Å². The van der Waals surface area contributed by atoms with Gasteiger partial charge in [0.1, 0.15) is 0 Å². The van der Waals surface area contributed by atoms with Gasteiger partial charge in [0.2, 0.25) is 5.91 Å². The molecule has 4 heteroatoms. The third-order valence-corrected chi connectivity index (χ3v) is 4.33. The zero-order valence-electron chi connectivity index (χ0n) is 11.8. The average molecular weight is 274 g/mol. The second-order valence-electron chi connectivity index (χ2n) is 5.78. The smallest absolute Gasteiger partial charge is 0.241 e. The van der Waals surface area contributed by atoms with Gasteiger partial charge in [0.15, 0.2) is 0 Å². The SMILES string of the molecule is O=C(CN1CCC(O)CC1)N1CCCc2ccccc21. The molecule has 108 valence electrons. The summed E-state index contributed by atoms with van der Waals surface area (Å²) in [6, 6.07) is 8.21. The molecule has 3 rings (SSSR count). The number of fused-ring (bicyclic) bond motifs is 1. The van der Waals surface area contributed by atoms with Gasteiger partial charge >= 0.3 is 0 Å².